The second-order valence-corrected chi connectivity index (χ2v) is 5.94. The Hall–Kier alpha value is -2.52. The highest BCUT2D eigenvalue weighted by atomic mass is 32.1. The van der Waals surface area contributed by atoms with Crippen molar-refractivity contribution in [2.45, 2.75) is 19.8 Å². The predicted molar refractivity (Wildman–Crippen MR) is 83.7 cm³/mol. The van der Waals surface area contributed by atoms with Gasteiger partial charge in [0.1, 0.15) is 6.07 Å². The number of hydrogen-bond donors (Lipinski definition) is 1. The number of thiazole rings is 1. The van der Waals surface area contributed by atoms with Crippen LogP contribution in [-0.4, -0.2) is 15.0 Å². The Bertz CT molecular complexity index is 831. The van der Waals surface area contributed by atoms with E-state index in [9.17, 15) is 0 Å². The van der Waals surface area contributed by atoms with Gasteiger partial charge in [-0.15, -0.1) is 11.3 Å². The van der Waals surface area contributed by atoms with Crippen LogP contribution in [0.5, 0.6) is 0 Å². The van der Waals surface area contributed by atoms with E-state index in [1.54, 1.807) is 17.5 Å². The number of hydrogen-bond acceptors (Lipinski definition) is 6. The van der Waals surface area contributed by atoms with Crippen LogP contribution >= 0.6 is 11.3 Å². The van der Waals surface area contributed by atoms with E-state index in [0.29, 0.717) is 11.7 Å². The monoisotopic (exact) mass is 295 g/mol. The minimum absolute atomic E-state index is 0.282. The molecule has 0 amide bonds. The minimum atomic E-state index is 0.282. The van der Waals surface area contributed by atoms with Gasteiger partial charge in [0, 0.05) is 24.0 Å². The van der Waals surface area contributed by atoms with Crippen molar-refractivity contribution in [1.82, 2.24) is 15.0 Å². The zero-order valence-corrected chi connectivity index (χ0v) is 12.5. The first-order chi connectivity index (χ1) is 10.2. The van der Waals surface area contributed by atoms with E-state index in [-0.39, 0.29) is 5.69 Å². The van der Waals surface area contributed by atoms with E-state index < -0.39 is 0 Å². The molecule has 0 unspecified atom stereocenters. The van der Waals surface area contributed by atoms with Crippen molar-refractivity contribution in [2.24, 2.45) is 0 Å². The van der Waals surface area contributed by atoms with E-state index in [1.165, 1.54) is 6.20 Å². The number of nitrogens with one attached hydrogen (secondary N) is 1. The van der Waals surface area contributed by atoms with Crippen molar-refractivity contribution in [2.75, 3.05) is 5.32 Å². The van der Waals surface area contributed by atoms with Crippen molar-refractivity contribution in [1.29, 1.82) is 5.26 Å². The standard InChI is InChI=1S/C15H13N5S/c1-9(2)15-20-11-4-3-10(7-13(11)21-15)19-14-12(8-16)17-5-6-18-14/h3-7,9H,1-2H3,(H,18,19). The lowest BCUT2D eigenvalue weighted by molar-refractivity contribution is 0.857. The Kier molecular flexibility index (Phi) is 3.50. The van der Waals surface area contributed by atoms with Gasteiger partial charge in [0.15, 0.2) is 11.5 Å². The number of benzene rings is 1. The topological polar surface area (TPSA) is 74.5 Å². The largest absolute Gasteiger partial charge is 0.338 e. The Balaban J connectivity index is 1.96. The van der Waals surface area contributed by atoms with Crippen LogP contribution in [0, 0.1) is 11.3 Å². The van der Waals surface area contributed by atoms with E-state index >= 15 is 0 Å². The quantitative estimate of drug-likeness (QED) is 0.795. The molecule has 0 aliphatic rings. The number of rotatable bonds is 3. The molecule has 104 valence electrons. The summed E-state index contributed by atoms with van der Waals surface area (Å²) < 4.78 is 1.12. The van der Waals surface area contributed by atoms with Gasteiger partial charge in [-0.2, -0.15) is 5.26 Å². The van der Waals surface area contributed by atoms with Crippen LogP contribution in [0.1, 0.15) is 30.5 Å². The maximum atomic E-state index is 9.03. The molecular weight excluding hydrogens is 282 g/mol. The van der Waals surface area contributed by atoms with Gasteiger partial charge in [-0.1, -0.05) is 13.8 Å². The second kappa shape index (κ2) is 5.46. The van der Waals surface area contributed by atoms with Gasteiger partial charge in [0.2, 0.25) is 0 Å². The van der Waals surface area contributed by atoms with Crippen LogP contribution in [0.4, 0.5) is 11.5 Å². The smallest absolute Gasteiger partial charge is 0.183 e. The van der Waals surface area contributed by atoms with Crippen molar-refractivity contribution < 1.29 is 0 Å². The fourth-order valence-electron chi connectivity index (χ4n) is 1.92. The summed E-state index contributed by atoms with van der Waals surface area (Å²) in [5.41, 5.74) is 2.15. The number of aromatic nitrogens is 3. The SMILES string of the molecule is CC(C)c1nc2ccc(Nc3nccnc3C#N)cc2s1. The highest BCUT2D eigenvalue weighted by molar-refractivity contribution is 7.18. The fourth-order valence-corrected chi connectivity index (χ4v) is 2.92. The van der Waals surface area contributed by atoms with Crippen LogP contribution in [-0.2, 0) is 0 Å². The Morgan fingerprint density at radius 2 is 2.05 bits per heavy atom. The summed E-state index contributed by atoms with van der Waals surface area (Å²) in [6.07, 6.45) is 3.07. The summed E-state index contributed by atoms with van der Waals surface area (Å²) >= 11 is 1.69. The average Bonchev–Trinajstić information content (AvgIpc) is 2.91. The Morgan fingerprint density at radius 3 is 2.81 bits per heavy atom. The number of fused-ring (bicyclic) bond motifs is 1. The lowest BCUT2D eigenvalue weighted by atomic mass is 10.2. The molecule has 0 bridgehead atoms. The lowest BCUT2D eigenvalue weighted by Crippen LogP contribution is -1.98. The third-order valence-electron chi connectivity index (χ3n) is 2.97. The first-order valence-electron chi connectivity index (χ1n) is 6.56. The molecular formula is C15H13N5S. The third-order valence-corrected chi connectivity index (χ3v) is 4.28. The molecule has 0 saturated heterocycles. The molecule has 0 radical (unpaired) electrons. The van der Waals surface area contributed by atoms with Gasteiger partial charge in [-0.05, 0) is 18.2 Å². The number of nitrogens with zero attached hydrogens (tertiary/aromatic N) is 4. The second-order valence-electron chi connectivity index (χ2n) is 4.88. The van der Waals surface area contributed by atoms with Gasteiger partial charge in [0.25, 0.3) is 0 Å². The minimum Gasteiger partial charge on any atom is -0.338 e. The molecule has 1 aromatic carbocycles. The normalized spacial score (nSPS) is 10.8. The molecule has 0 aliphatic heterocycles. The lowest BCUT2D eigenvalue weighted by Gasteiger charge is -2.05. The van der Waals surface area contributed by atoms with E-state index in [1.807, 2.05) is 24.3 Å². The first kappa shape index (κ1) is 13.5. The third kappa shape index (κ3) is 2.69. The molecule has 3 rings (SSSR count). The summed E-state index contributed by atoms with van der Waals surface area (Å²) in [5.74, 6) is 0.886. The van der Waals surface area contributed by atoms with Crippen LogP contribution in [0.25, 0.3) is 10.2 Å². The van der Waals surface area contributed by atoms with Crippen molar-refractivity contribution in [3.8, 4) is 6.07 Å². The number of nitriles is 1. The fraction of sp³-hybridized carbons (Fsp3) is 0.200. The van der Waals surface area contributed by atoms with Gasteiger partial charge in [-0.25, -0.2) is 15.0 Å². The zero-order chi connectivity index (χ0) is 14.8. The van der Waals surface area contributed by atoms with Crippen molar-refractivity contribution in [3.63, 3.8) is 0 Å². The predicted octanol–water partition coefficient (Wildman–Crippen LogP) is 3.82. The van der Waals surface area contributed by atoms with Crippen molar-refractivity contribution >= 4 is 33.1 Å². The van der Waals surface area contributed by atoms with E-state index in [0.717, 1.165) is 20.9 Å². The highest BCUT2D eigenvalue weighted by Gasteiger charge is 2.09. The first-order valence-corrected chi connectivity index (χ1v) is 7.37. The molecule has 1 N–H and O–H groups in total. The molecule has 0 aliphatic carbocycles. The molecule has 6 heteroatoms. The summed E-state index contributed by atoms with van der Waals surface area (Å²) in [5, 5.41) is 13.3. The molecule has 0 saturated carbocycles. The van der Waals surface area contributed by atoms with Gasteiger partial charge in [0.05, 0.1) is 15.2 Å². The molecule has 0 atom stereocenters. The van der Waals surface area contributed by atoms with Crippen LogP contribution in [0.15, 0.2) is 30.6 Å². The van der Waals surface area contributed by atoms with Gasteiger partial charge < -0.3 is 5.32 Å². The Morgan fingerprint density at radius 1 is 1.24 bits per heavy atom. The molecule has 2 aromatic heterocycles. The Labute approximate surface area is 126 Å². The molecule has 2 heterocycles. The highest BCUT2D eigenvalue weighted by Crippen LogP contribution is 2.30. The van der Waals surface area contributed by atoms with Crippen LogP contribution < -0.4 is 5.32 Å². The molecule has 5 nitrogen and oxygen atoms in total. The van der Waals surface area contributed by atoms with Gasteiger partial charge >= 0.3 is 0 Å². The summed E-state index contributed by atoms with van der Waals surface area (Å²) in [6.45, 7) is 4.27. The summed E-state index contributed by atoms with van der Waals surface area (Å²) in [4.78, 5) is 12.7. The van der Waals surface area contributed by atoms with E-state index in [4.69, 9.17) is 5.26 Å². The maximum absolute atomic E-state index is 9.03. The molecule has 0 fully saturated rings. The van der Waals surface area contributed by atoms with Crippen molar-refractivity contribution in [3.05, 3.63) is 41.3 Å². The molecule has 21 heavy (non-hydrogen) atoms. The zero-order valence-electron chi connectivity index (χ0n) is 11.7. The maximum Gasteiger partial charge on any atom is 0.183 e. The van der Waals surface area contributed by atoms with Crippen LogP contribution in [0.2, 0.25) is 0 Å². The average molecular weight is 295 g/mol. The summed E-state index contributed by atoms with van der Waals surface area (Å²) in [6, 6.07) is 7.96. The van der Waals surface area contributed by atoms with E-state index in [2.05, 4.69) is 34.1 Å². The van der Waals surface area contributed by atoms with Gasteiger partial charge in [-0.3, -0.25) is 0 Å². The molecule has 0 spiro atoms. The van der Waals surface area contributed by atoms with Crippen LogP contribution in [0.3, 0.4) is 0 Å². The number of anilines is 2. The molecule has 3 aromatic rings. The summed E-state index contributed by atoms with van der Waals surface area (Å²) in [7, 11) is 0.